The summed E-state index contributed by atoms with van der Waals surface area (Å²) < 4.78 is 5.75. The number of aromatic nitrogens is 1. The molecule has 4 nitrogen and oxygen atoms in total. The molecule has 1 aromatic heterocycles. The van der Waals surface area contributed by atoms with Crippen molar-refractivity contribution in [2.45, 2.75) is 142 Å². The molecule has 224 valence electrons. The zero-order valence-corrected chi connectivity index (χ0v) is 26.0. The minimum absolute atomic E-state index is 0.115. The first-order valence-electron chi connectivity index (χ1n) is 16.8. The molecule has 1 aliphatic rings. The highest BCUT2D eigenvalue weighted by molar-refractivity contribution is 5.75. The molecule has 0 aliphatic heterocycles. The summed E-state index contributed by atoms with van der Waals surface area (Å²) in [4.78, 5) is 17.6. The van der Waals surface area contributed by atoms with Gasteiger partial charge < -0.3 is 4.74 Å². The molecule has 0 radical (unpaired) electrons. The summed E-state index contributed by atoms with van der Waals surface area (Å²) in [5.74, 6) is 0.303. The summed E-state index contributed by atoms with van der Waals surface area (Å²) >= 11 is 0. The maximum atomic E-state index is 12.9. The van der Waals surface area contributed by atoms with Crippen LogP contribution in [0.5, 0.6) is 5.75 Å². The van der Waals surface area contributed by atoms with E-state index in [0.717, 1.165) is 56.2 Å². The molecule has 2 aromatic rings. The minimum atomic E-state index is -0.250. The van der Waals surface area contributed by atoms with Crippen molar-refractivity contribution in [1.82, 2.24) is 4.98 Å². The van der Waals surface area contributed by atoms with Gasteiger partial charge in [0.2, 0.25) is 0 Å². The summed E-state index contributed by atoms with van der Waals surface area (Å²) in [6.45, 7) is 4.50. The number of ether oxygens (including phenoxy) is 1. The van der Waals surface area contributed by atoms with Crippen molar-refractivity contribution in [3.8, 4) is 23.1 Å². The summed E-state index contributed by atoms with van der Waals surface area (Å²) in [5, 5.41) is 9.89. The highest BCUT2D eigenvalue weighted by Crippen LogP contribution is 2.43. The summed E-state index contributed by atoms with van der Waals surface area (Å²) in [7, 11) is 0. The van der Waals surface area contributed by atoms with Crippen LogP contribution in [0.15, 0.2) is 42.6 Å². The minimum Gasteiger partial charge on any atom is -0.426 e. The van der Waals surface area contributed by atoms with E-state index in [0.29, 0.717) is 5.75 Å². The predicted octanol–water partition coefficient (Wildman–Crippen LogP) is 10.8. The zero-order chi connectivity index (χ0) is 29.2. The van der Waals surface area contributed by atoms with Crippen molar-refractivity contribution >= 4 is 5.97 Å². The second-order valence-corrected chi connectivity index (χ2v) is 12.4. The standard InChI is InChI=1S/C37H54N2O2/c1-3-5-7-9-11-12-13-15-17-31-18-23-35(39-29-31)32-19-21-34(22-20-32)41-36(40)33-24-27-37(30-38,28-25-33)26-16-14-10-8-6-4-2/h18-23,29,33H,3-17,24-28H2,1-2H3. The number of nitrogens with zero attached hydrogens (tertiary/aromatic N) is 2. The molecule has 4 heteroatoms. The first-order valence-corrected chi connectivity index (χ1v) is 16.8. The lowest BCUT2D eigenvalue weighted by Gasteiger charge is -2.34. The molecule has 1 heterocycles. The quantitative estimate of drug-likeness (QED) is 0.0977. The summed E-state index contributed by atoms with van der Waals surface area (Å²) in [6, 6.07) is 14.6. The molecule has 1 aromatic carbocycles. The largest absolute Gasteiger partial charge is 0.426 e. The number of rotatable bonds is 19. The molecule has 0 bridgehead atoms. The van der Waals surface area contributed by atoms with Crippen molar-refractivity contribution < 1.29 is 9.53 Å². The second-order valence-electron chi connectivity index (χ2n) is 12.4. The molecule has 41 heavy (non-hydrogen) atoms. The van der Waals surface area contributed by atoms with Crippen LogP contribution in [0.2, 0.25) is 0 Å². The van der Waals surface area contributed by atoms with Gasteiger partial charge in [0.25, 0.3) is 0 Å². The number of esters is 1. The first-order chi connectivity index (χ1) is 20.1. The van der Waals surface area contributed by atoms with E-state index >= 15 is 0 Å². The smallest absolute Gasteiger partial charge is 0.314 e. The number of benzene rings is 1. The predicted molar refractivity (Wildman–Crippen MR) is 170 cm³/mol. The zero-order valence-electron chi connectivity index (χ0n) is 26.0. The van der Waals surface area contributed by atoms with E-state index in [1.165, 1.54) is 89.0 Å². The van der Waals surface area contributed by atoms with E-state index in [9.17, 15) is 10.1 Å². The van der Waals surface area contributed by atoms with Crippen LogP contribution in [0.4, 0.5) is 0 Å². The Morgan fingerprint density at radius 2 is 1.41 bits per heavy atom. The molecule has 1 aliphatic carbocycles. The number of carbonyl (C=O) groups excluding carboxylic acids is 1. The monoisotopic (exact) mass is 558 g/mol. The van der Waals surface area contributed by atoms with Crippen molar-refractivity contribution in [2.75, 3.05) is 0 Å². The fourth-order valence-electron chi connectivity index (χ4n) is 6.17. The lowest BCUT2D eigenvalue weighted by atomic mass is 9.69. The van der Waals surface area contributed by atoms with Crippen LogP contribution in [-0.2, 0) is 11.2 Å². The van der Waals surface area contributed by atoms with Crippen LogP contribution >= 0.6 is 0 Å². The van der Waals surface area contributed by atoms with Crippen LogP contribution < -0.4 is 4.74 Å². The van der Waals surface area contributed by atoms with Gasteiger partial charge in [-0.3, -0.25) is 9.78 Å². The van der Waals surface area contributed by atoms with Gasteiger partial charge in [-0.2, -0.15) is 5.26 Å². The Balaban J connectivity index is 1.38. The molecule has 0 unspecified atom stereocenters. The SMILES string of the molecule is CCCCCCCCCCc1ccc(-c2ccc(OC(=O)C3CCC(C#N)(CCCCCCCC)CC3)cc2)nc1. The van der Waals surface area contributed by atoms with Gasteiger partial charge in [0.1, 0.15) is 5.75 Å². The number of unbranched alkanes of at least 4 members (excludes halogenated alkanes) is 12. The molecular formula is C37H54N2O2. The number of carbonyl (C=O) groups is 1. The van der Waals surface area contributed by atoms with E-state index < -0.39 is 0 Å². The molecule has 0 saturated heterocycles. The third-order valence-corrected chi connectivity index (χ3v) is 9.03. The number of hydrogen-bond donors (Lipinski definition) is 0. The number of hydrogen-bond acceptors (Lipinski definition) is 4. The van der Waals surface area contributed by atoms with Crippen molar-refractivity contribution in [1.29, 1.82) is 5.26 Å². The Morgan fingerprint density at radius 1 is 0.829 bits per heavy atom. The van der Waals surface area contributed by atoms with Gasteiger partial charge in [-0.25, -0.2) is 0 Å². The maximum Gasteiger partial charge on any atom is 0.314 e. The van der Waals surface area contributed by atoms with E-state index in [2.05, 4.69) is 37.0 Å². The van der Waals surface area contributed by atoms with Gasteiger partial charge >= 0.3 is 5.97 Å². The Morgan fingerprint density at radius 3 is 1.98 bits per heavy atom. The average molecular weight is 559 g/mol. The van der Waals surface area contributed by atoms with Gasteiger partial charge in [0, 0.05) is 11.8 Å². The van der Waals surface area contributed by atoms with Gasteiger partial charge in [0.05, 0.1) is 23.1 Å². The van der Waals surface area contributed by atoms with Gasteiger partial charge in [-0.05, 0) is 80.8 Å². The number of aryl methyl sites for hydroxylation is 1. The second kappa shape index (κ2) is 18.7. The van der Waals surface area contributed by atoms with Crippen molar-refractivity contribution in [3.63, 3.8) is 0 Å². The Bertz CT molecular complexity index is 1030. The maximum absolute atomic E-state index is 12.9. The highest BCUT2D eigenvalue weighted by atomic mass is 16.5. The van der Waals surface area contributed by atoms with E-state index in [-0.39, 0.29) is 17.3 Å². The summed E-state index contributed by atoms with van der Waals surface area (Å²) in [6.07, 6.45) is 25.3. The molecule has 1 saturated carbocycles. The Kier molecular flexibility index (Phi) is 15.0. The average Bonchev–Trinajstić information content (AvgIpc) is 3.01. The lowest BCUT2D eigenvalue weighted by molar-refractivity contribution is -0.140. The van der Waals surface area contributed by atoms with Gasteiger partial charge in [0.15, 0.2) is 0 Å². The van der Waals surface area contributed by atoms with Crippen LogP contribution in [0.1, 0.15) is 141 Å². The fourth-order valence-corrected chi connectivity index (χ4v) is 6.17. The summed E-state index contributed by atoms with van der Waals surface area (Å²) in [5.41, 5.74) is 3.01. The van der Waals surface area contributed by atoms with Gasteiger partial charge in [-0.1, -0.05) is 103 Å². The Labute approximate surface area is 250 Å². The van der Waals surface area contributed by atoms with Crippen molar-refractivity contribution in [3.05, 3.63) is 48.2 Å². The molecule has 0 atom stereocenters. The van der Waals surface area contributed by atoms with Crippen molar-refractivity contribution in [2.24, 2.45) is 11.3 Å². The first kappa shape index (κ1) is 32.8. The third-order valence-electron chi connectivity index (χ3n) is 9.03. The van der Waals surface area contributed by atoms with E-state index in [1.807, 2.05) is 30.5 Å². The van der Waals surface area contributed by atoms with E-state index in [4.69, 9.17) is 4.74 Å². The number of nitriles is 1. The fraction of sp³-hybridized carbons (Fsp3) is 0.649. The highest BCUT2D eigenvalue weighted by Gasteiger charge is 2.38. The number of pyridine rings is 1. The van der Waals surface area contributed by atoms with Crippen LogP contribution in [-0.4, -0.2) is 11.0 Å². The Hall–Kier alpha value is -2.67. The van der Waals surface area contributed by atoms with Crippen LogP contribution in [0.25, 0.3) is 11.3 Å². The topological polar surface area (TPSA) is 63.0 Å². The third kappa shape index (κ3) is 11.6. The molecule has 0 spiro atoms. The molecule has 0 amide bonds. The molecule has 0 N–H and O–H groups in total. The molecule has 3 rings (SSSR count). The molecular weight excluding hydrogens is 504 g/mol. The molecule has 1 fully saturated rings. The van der Waals surface area contributed by atoms with Crippen LogP contribution in [0.3, 0.4) is 0 Å². The van der Waals surface area contributed by atoms with E-state index in [1.54, 1.807) is 0 Å². The normalized spacial score (nSPS) is 18.6. The van der Waals surface area contributed by atoms with Gasteiger partial charge in [-0.15, -0.1) is 0 Å². The van der Waals surface area contributed by atoms with Crippen LogP contribution in [0, 0.1) is 22.7 Å². The lowest BCUT2D eigenvalue weighted by Crippen LogP contribution is -2.31.